The molecule has 0 amide bonds. The maximum atomic E-state index is 13.2. The summed E-state index contributed by atoms with van der Waals surface area (Å²) in [4.78, 5) is 30.4. The van der Waals surface area contributed by atoms with Crippen molar-refractivity contribution < 1.29 is 9.59 Å². The number of aldehydes is 2. The van der Waals surface area contributed by atoms with Crippen LogP contribution in [0.1, 0.15) is 278 Å². The third kappa shape index (κ3) is 13.5. The fraction of sp³-hybridized carbons (Fsp3) is 0.697. The Hall–Kier alpha value is -3.12. The largest absolute Gasteiger partial charge is 0.337 e. The first kappa shape index (κ1) is 60.0. The van der Waals surface area contributed by atoms with Gasteiger partial charge in [0.15, 0.2) is 12.6 Å². The number of aryl methyl sites for hydroxylation is 2. The van der Waals surface area contributed by atoms with Crippen molar-refractivity contribution in [1.29, 1.82) is 0 Å². The number of carbonyl (C=O) groups excluding carboxylic acids is 2. The summed E-state index contributed by atoms with van der Waals surface area (Å²) in [5.41, 5.74) is 9.93. The number of unbranched alkanes of at least 4 members (excludes halogenated alkanes) is 19. The topological polar surface area (TPSA) is 74.7 Å². The summed E-state index contributed by atoms with van der Waals surface area (Å²) in [6.07, 6.45) is 41.7. The number of aromatic nitrogens is 5. The molecule has 11 heteroatoms. The zero-order valence-corrected chi connectivity index (χ0v) is 52.6. The van der Waals surface area contributed by atoms with Crippen molar-refractivity contribution in [3.05, 3.63) is 20.9 Å². The molecule has 7 aromatic heterocycles. The molecule has 3 atom stereocenters. The van der Waals surface area contributed by atoms with E-state index in [2.05, 4.69) is 69.3 Å². The van der Waals surface area contributed by atoms with Crippen LogP contribution >= 0.6 is 45.3 Å². The van der Waals surface area contributed by atoms with Crippen LogP contribution in [0, 0.1) is 17.8 Å². The molecule has 0 spiro atoms. The van der Waals surface area contributed by atoms with Gasteiger partial charge in [-0.3, -0.25) is 9.59 Å². The maximum Gasteiger partial charge on any atom is 0.160 e. The lowest BCUT2D eigenvalue weighted by atomic mass is 9.99. The number of rotatable bonds is 40. The summed E-state index contributed by atoms with van der Waals surface area (Å²) in [6, 6.07) is 0. The first-order chi connectivity index (χ1) is 37.8. The lowest BCUT2D eigenvalue weighted by Crippen LogP contribution is -2.13. The molecule has 7 heterocycles. The van der Waals surface area contributed by atoms with Gasteiger partial charge in [0.2, 0.25) is 0 Å². The standard InChI is InChI=1S/C66H99N5O2S4/c1-9-17-22-24-26-28-30-32-34-39-49-51(44-72)74-65-59-63(76-61(49)65)53-55-56(68-71(67-55)43-48(16-8)38-21-13-5)54-58(57(53)69(59)41-46(14-6)36-19-11-3)70(42-47(15-7)37-20-12-4)60-64(54)77-62-50(52(45-73)75-66(60)62)40-35-33-31-29-27-25-23-18-10-2/h44-48H,9-43H2,1-8H3. The minimum absolute atomic E-state index is 0.514. The van der Waals surface area contributed by atoms with Gasteiger partial charge in [0, 0.05) is 23.9 Å². The number of nitrogens with zero attached hydrogens (tertiary/aromatic N) is 5. The van der Waals surface area contributed by atoms with E-state index in [0.29, 0.717) is 17.8 Å². The van der Waals surface area contributed by atoms with Crippen LogP contribution < -0.4 is 0 Å². The van der Waals surface area contributed by atoms with E-state index in [9.17, 15) is 9.59 Å². The number of fused-ring (bicyclic) bond motifs is 14. The van der Waals surface area contributed by atoms with Crippen molar-refractivity contribution in [3.8, 4) is 0 Å². The van der Waals surface area contributed by atoms with Crippen LogP contribution in [0.2, 0.25) is 0 Å². The van der Waals surface area contributed by atoms with Crippen LogP contribution in [0.25, 0.3) is 72.1 Å². The van der Waals surface area contributed by atoms with Crippen LogP contribution in [0.5, 0.6) is 0 Å². The summed E-state index contributed by atoms with van der Waals surface area (Å²) >= 11 is 7.42. The molecule has 77 heavy (non-hydrogen) atoms. The van der Waals surface area contributed by atoms with Crippen molar-refractivity contribution in [3.63, 3.8) is 0 Å². The summed E-state index contributed by atoms with van der Waals surface area (Å²) in [6.45, 7) is 21.4. The Morgan fingerprint density at radius 1 is 0.377 bits per heavy atom. The van der Waals surface area contributed by atoms with Gasteiger partial charge in [0.1, 0.15) is 11.0 Å². The van der Waals surface area contributed by atoms with Gasteiger partial charge in [-0.15, -0.1) is 45.3 Å². The van der Waals surface area contributed by atoms with Crippen LogP contribution in [0.4, 0.5) is 0 Å². The molecule has 8 aromatic rings. The van der Waals surface area contributed by atoms with Gasteiger partial charge >= 0.3 is 0 Å². The van der Waals surface area contributed by atoms with Crippen LogP contribution in [0.3, 0.4) is 0 Å². The molecular weight excluding hydrogens is 1020 g/mol. The third-order valence-electron chi connectivity index (χ3n) is 17.8. The predicted octanol–water partition coefficient (Wildman–Crippen LogP) is 22.6. The second kappa shape index (κ2) is 30.1. The quantitative estimate of drug-likeness (QED) is 0.0283. The van der Waals surface area contributed by atoms with E-state index in [1.807, 2.05) is 22.7 Å². The second-order valence-corrected chi connectivity index (χ2v) is 27.7. The minimum atomic E-state index is 0.514. The van der Waals surface area contributed by atoms with E-state index >= 15 is 0 Å². The van der Waals surface area contributed by atoms with E-state index in [1.54, 1.807) is 22.7 Å². The van der Waals surface area contributed by atoms with Gasteiger partial charge < -0.3 is 9.13 Å². The van der Waals surface area contributed by atoms with Crippen molar-refractivity contribution in [1.82, 2.24) is 24.1 Å². The molecule has 0 aliphatic carbocycles. The summed E-state index contributed by atoms with van der Waals surface area (Å²) < 4.78 is 13.5. The van der Waals surface area contributed by atoms with E-state index in [-0.39, 0.29) is 0 Å². The number of benzene rings is 1. The van der Waals surface area contributed by atoms with Gasteiger partial charge in [0.05, 0.1) is 66.6 Å². The molecule has 0 fully saturated rings. The molecule has 8 rings (SSSR count). The molecule has 0 radical (unpaired) electrons. The van der Waals surface area contributed by atoms with Gasteiger partial charge in [-0.25, -0.2) is 0 Å². The van der Waals surface area contributed by atoms with E-state index in [0.717, 1.165) is 85.4 Å². The predicted molar refractivity (Wildman–Crippen MR) is 343 cm³/mol. The smallest absolute Gasteiger partial charge is 0.160 e. The van der Waals surface area contributed by atoms with Crippen molar-refractivity contribution in [2.24, 2.45) is 17.8 Å². The Morgan fingerprint density at radius 3 is 1.05 bits per heavy atom. The van der Waals surface area contributed by atoms with Crippen LogP contribution in [0.15, 0.2) is 0 Å². The Bertz CT molecular complexity index is 2920. The zero-order valence-electron chi connectivity index (χ0n) is 49.3. The van der Waals surface area contributed by atoms with Crippen molar-refractivity contribution >= 4 is 130 Å². The van der Waals surface area contributed by atoms with Gasteiger partial charge in [0.25, 0.3) is 0 Å². The number of thiophene rings is 4. The highest BCUT2D eigenvalue weighted by Crippen LogP contribution is 2.54. The highest BCUT2D eigenvalue weighted by molar-refractivity contribution is 7.35. The first-order valence-electron chi connectivity index (χ1n) is 31.9. The average Bonchev–Trinajstić information content (AvgIpc) is 4.40. The number of carbonyl (C=O) groups is 2. The molecule has 0 bridgehead atoms. The molecular formula is C66H99N5O2S4. The molecule has 0 saturated carbocycles. The molecule has 0 aliphatic heterocycles. The summed E-state index contributed by atoms with van der Waals surface area (Å²) in [7, 11) is 0. The van der Waals surface area contributed by atoms with Crippen molar-refractivity contribution in [2.45, 2.75) is 280 Å². The summed E-state index contributed by atoms with van der Waals surface area (Å²) in [5.74, 6) is 1.54. The van der Waals surface area contributed by atoms with Gasteiger partial charge in [-0.05, 0) is 73.8 Å². The van der Waals surface area contributed by atoms with Crippen LogP contribution in [-0.4, -0.2) is 36.7 Å². The Morgan fingerprint density at radius 2 is 0.714 bits per heavy atom. The monoisotopic (exact) mass is 1120 g/mol. The Labute approximate surface area is 479 Å². The zero-order chi connectivity index (χ0) is 54.3. The van der Waals surface area contributed by atoms with Gasteiger partial charge in [-0.2, -0.15) is 15.0 Å². The highest BCUT2D eigenvalue weighted by Gasteiger charge is 2.33. The van der Waals surface area contributed by atoms with Crippen LogP contribution in [-0.2, 0) is 32.5 Å². The molecule has 0 aliphatic rings. The molecule has 0 N–H and O–H groups in total. The second-order valence-electron chi connectivity index (χ2n) is 23.5. The van der Waals surface area contributed by atoms with Gasteiger partial charge in [-0.1, -0.05) is 216 Å². The van der Waals surface area contributed by atoms with E-state index < -0.39 is 0 Å². The fourth-order valence-electron chi connectivity index (χ4n) is 13.0. The highest BCUT2D eigenvalue weighted by atomic mass is 32.1. The number of hydrogen-bond acceptors (Lipinski definition) is 8. The maximum absolute atomic E-state index is 13.2. The lowest BCUT2D eigenvalue weighted by molar-refractivity contribution is 0.111. The molecule has 0 saturated heterocycles. The van der Waals surface area contributed by atoms with Crippen molar-refractivity contribution in [2.75, 3.05) is 0 Å². The van der Waals surface area contributed by atoms with E-state index in [1.165, 1.54) is 245 Å². The molecule has 1 aromatic carbocycles. The first-order valence-corrected chi connectivity index (χ1v) is 35.2. The Balaban J connectivity index is 1.38. The normalized spacial score (nSPS) is 13.7. The molecule has 3 unspecified atom stereocenters. The number of hydrogen-bond donors (Lipinski definition) is 0. The SMILES string of the molecule is CCCCCCCCCCCc1c(C=O)sc2c1sc1c3c4nn(CC(CC)CCCC)nc4c4c5sc6c(CCCCCCCCCCC)c(C=O)sc6c5n(CC(CC)CCCC)c4c3n(CC(CC)CCCC)c21. The fourth-order valence-corrected chi connectivity index (χ4v) is 18.6. The molecule has 7 nitrogen and oxygen atoms in total. The minimum Gasteiger partial charge on any atom is -0.337 e. The van der Waals surface area contributed by atoms with E-state index in [4.69, 9.17) is 10.2 Å². The average molecular weight is 1120 g/mol. The molecule has 424 valence electrons. The Kier molecular flexibility index (Phi) is 23.4. The lowest BCUT2D eigenvalue weighted by Gasteiger charge is -2.20. The third-order valence-corrected chi connectivity index (χ3v) is 22.9. The summed E-state index contributed by atoms with van der Waals surface area (Å²) in [5, 5.41) is 14.0.